The molecule has 7 nitrogen and oxygen atoms in total. The van der Waals surface area contributed by atoms with Crippen LogP contribution in [0.3, 0.4) is 0 Å². The number of hydrogen-bond donors (Lipinski definition) is 0. The van der Waals surface area contributed by atoms with E-state index in [0.29, 0.717) is 10.6 Å². The Kier molecular flexibility index (Phi) is 5.57. The van der Waals surface area contributed by atoms with Crippen LogP contribution in [0.2, 0.25) is 10.0 Å². The van der Waals surface area contributed by atoms with Gasteiger partial charge in [-0.15, -0.1) is 0 Å². The van der Waals surface area contributed by atoms with Crippen molar-refractivity contribution in [2.45, 2.75) is 20.0 Å². The fourth-order valence-electron chi connectivity index (χ4n) is 2.21. The van der Waals surface area contributed by atoms with Gasteiger partial charge in [-0.2, -0.15) is 22.3 Å². The molecule has 0 bridgehead atoms. The second-order valence-electron chi connectivity index (χ2n) is 4.77. The van der Waals surface area contributed by atoms with E-state index in [0.717, 1.165) is 0 Å². The lowest BCUT2D eigenvalue weighted by molar-refractivity contribution is -0.137. The standard InChI is InChI=1S/C14H11Cl2F3N2O5/c1-3-25-12(23)20-7-5-6(14(17,18)19)8(15)9(16)10(7)21(11(20)22)13(24)26-4-2/h5H,3-4H2,1-2H3. The summed E-state index contributed by atoms with van der Waals surface area (Å²) >= 11 is 11.6. The van der Waals surface area contributed by atoms with Gasteiger partial charge in [-0.05, 0) is 19.9 Å². The predicted molar refractivity (Wildman–Crippen MR) is 86.1 cm³/mol. The van der Waals surface area contributed by atoms with Gasteiger partial charge in [-0.3, -0.25) is 0 Å². The number of halogens is 5. The minimum atomic E-state index is -4.92. The van der Waals surface area contributed by atoms with Crippen molar-refractivity contribution in [2.75, 3.05) is 13.2 Å². The van der Waals surface area contributed by atoms with E-state index in [9.17, 15) is 27.6 Å². The maximum atomic E-state index is 13.2. The molecule has 0 saturated carbocycles. The topological polar surface area (TPSA) is 79.5 Å². The number of nitrogens with zero attached hydrogens (tertiary/aromatic N) is 2. The third kappa shape index (κ3) is 3.26. The molecule has 0 atom stereocenters. The van der Waals surface area contributed by atoms with Gasteiger partial charge in [0.05, 0.1) is 34.3 Å². The predicted octanol–water partition coefficient (Wildman–Crippen LogP) is 4.14. The third-order valence-electron chi connectivity index (χ3n) is 3.21. The summed E-state index contributed by atoms with van der Waals surface area (Å²) in [6, 6.07) is 0.442. The first-order valence-corrected chi connectivity index (χ1v) is 7.88. The quantitative estimate of drug-likeness (QED) is 0.737. The summed E-state index contributed by atoms with van der Waals surface area (Å²) in [5, 5.41) is -1.66. The van der Waals surface area contributed by atoms with E-state index >= 15 is 0 Å². The van der Waals surface area contributed by atoms with Crippen LogP contribution in [0.5, 0.6) is 0 Å². The molecule has 0 fully saturated rings. The Morgan fingerprint density at radius 2 is 1.54 bits per heavy atom. The van der Waals surface area contributed by atoms with Crippen molar-refractivity contribution in [1.29, 1.82) is 0 Å². The smallest absolute Gasteiger partial charge is 0.422 e. The van der Waals surface area contributed by atoms with Crippen LogP contribution in [0.4, 0.5) is 22.8 Å². The van der Waals surface area contributed by atoms with Crippen LogP contribution >= 0.6 is 23.2 Å². The Morgan fingerprint density at radius 3 is 2.00 bits per heavy atom. The Hall–Kier alpha value is -2.20. The summed E-state index contributed by atoms with van der Waals surface area (Å²) in [6.07, 6.45) is -7.43. The van der Waals surface area contributed by atoms with Crippen molar-refractivity contribution in [2.24, 2.45) is 0 Å². The highest BCUT2D eigenvalue weighted by Crippen LogP contribution is 2.42. The lowest BCUT2D eigenvalue weighted by Gasteiger charge is -2.12. The number of fused-ring (bicyclic) bond motifs is 1. The number of carbonyl (C=O) groups excluding carboxylic acids is 2. The fraction of sp³-hybridized carbons (Fsp3) is 0.357. The van der Waals surface area contributed by atoms with Crippen LogP contribution in [0.1, 0.15) is 19.4 Å². The number of imidazole rings is 1. The van der Waals surface area contributed by atoms with E-state index in [4.69, 9.17) is 27.9 Å². The van der Waals surface area contributed by atoms with Crippen LogP contribution in [0.25, 0.3) is 11.0 Å². The molecular formula is C14H11Cl2F3N2O5. The fourth-order valence-corrected chi connectivity index (χ4v) is 2.75. The van der Waals surface area contributed by atoms with Crippen molar-refractivity contribution < 1.29 is 32.2 Å². The minimum absolute atomic E-state index is 0.136. The number of carbonyl (C=O) groups is 2. The van der Waals surface area contributed by atoms with Gasteiger partial charge < -0.3 is 9.47 Å². The molecule has 0 aliphatic heterocycles. The largest absolute Gasteiger partial charge is 0.449 e. The Labute approximate surface area is 153 Å². The van der Waals surface area contributed by atoms with Gasteiger partial charge in [0.25, 0.3) is 0 Å². The van der Waals surface area contributed by atoms with Crippen LogP contribution in [0, 0.1) is 0 Å². The summed E-state index contributed by atoms with van der Waals surface area (Å²) in [7, 11) is 0. The number of rotatable bonds is 2. The van der Waals surface area contributed by atoms with Crippen LogP contribution in [-0.2, 0) is 15.7 Å². The molecule has 0 spiro atoms. The van der Waals surface area contributed by atoms with Gasteiger partial charge in [0.2, 0.25) is 0 Å². The van der Waals surface area contributed by atoms with Crippen molar-refractivity contribution in [3.05, 3.63) is 32.2 Å². The van der Waals surface area contributed by atoms with E-state index < -0.39 is 50.7 Å². The number of hydrogen-bond acceptors (Lipinski definition) is 5. The zero-order valence-corrected chi connectivity index (χ0v) is 14.8. The second-order valence-corrected chi connectivity index (χ2v) is 5.52. The van der Waals surface area contributed by atoms with Crippen LogP contribution in [-0.4, -0.2) is 34.5 Å². The molecule has 142 valence electrons. The Bertz CT molecular complexity index is 949. The lowest BCUT2D eigenvalue weighted by Crippen LogP contribution is -2.33. The summed E-state index contributed by atoms with van der Waals surface area (Å²) < 4.78 is 49.5. The number of aromatic nitrogens is 2. The highest BCUT2D eigenvalue weighted by molar-refractivity contribution is 6.45. The first-order valence-electron chi connectivity index (χ1n) is 7.13. The van der Waals surface area contributed by atoms with Crippen LogP contribution < -0.4 is 5.69 Å². The SMILES string of the molecule is CCOC(=O)n1c(=O)n(C(=O)OCC)c2c(Cl)c(Cl)c(C(F)(F)F)cc21. The van der Waals surface area contributed by atoms with Crippen LogP contribution in [0.15, 0.2) is 10.9 Å². The molecule has 26 heavy (non-hydrogen) atoms. The zero-order chi connectivity index (χ0) is 19.8. The molecule has 0 N–H and O–H groups in total. The summed E-state index contributed by atoms with van der Waals surface area (Å²) in [4.78, 5) is 36.6. The molecule has 0 saturated heterocycles. The summed E-state index contributed by atoms with van der Waals surface area (Å²) in [6.45, 7) is 2.58. The van der Waals surface area contributed by atoms with Crippen molar-refractivity contribution in [1.82, 2.24) is 9.13 Å². The molecule has 12 heteroatoms. The average Bonchev–Trinajstić information content (AvgIpc) is 2.82. The van der Waals surface area contributed by atoms with Gasteiger partial charge in [0.1, 0.15) is 5.52 Å². The number of ether oxygens (including phenoxy) is 2. The minimum Gasteiger partial charge on any atom is -0.449 e. The molecule has 1 aromatic carbocycles. The lowest BCUT2D eigenvalue weighted by atomic mass is 10.2. The molecule has 0 amide bonds. The number of alkyl halides is 3. The summed E-state index contributed by atoms with van der Waals surface area (Å²) in [5.74, 6) is 0. The maximum Gasteiger partial charge on any atom is 0.422 e. The molecule has 0 aliphatic carbocycles. The van der Waals surface area contributed by atoms with Crippen molar-refractivity contribution in [3.63, 3.8) is 0 Å². The highest BCUT2D eigenvalue weighted by atomic mass is 35.5. The molecule has 2 rings (SSSR count). The van der Waals surface area contributed by atoms with Gasteiger partial charge in [0, 0.05) is 0 Å². The van der Waals surface area contributed by atoms with Gasteiger partial charge in [-0.1, -0.05) is 23.2 Å². The normalized spacial score (nSPS) is 11.7. The van der Waals surface area contributed by atoms with E-state index in [1.54, 1.807) is 0 Å². The molecule has 1 heterocycles. The molecule has 0 aliphatic rings. The Morgan fingerprint density at radius 1 is 1.04 bits per heavy atom. The van der Waals surface area contributed by atoms with Gasteiger partial charge in [0.15, 0.2) is 0 Å². The third-order valence-corrected chi connectivity index (χ3v) is 4.07. The molecule has 2 aromatic rings. The number of benzene rings is 1. The second kappa shape index (κ2) is 7.20. The Balaban J connectivity index is 3.00. The zero-order valence-electron chi connectivity index (χ0n) is 13.3. The van der Waals surface area contributed by atoms with E-state index in [2.05, 4.69) is 4.74 Å². The molecular weight excluding hydrogens is 404 g/mol. The van der Waals surface area contributed by atoms with E-state index in [1.165, 1.54) is 13.8 Å². The van der Waals surface area contributed by atoms with Crippen molar-refractivity contribution in [3.8, 4) is 0 Å². The highest BCUT2D eigenvalue weighted by Gasteiger charge is 2.37. The first-order chi connectivity index (χ1) is 12.1. The van der Waals surface area contributed by atoms with E-state index in [1.807, 2.05) is 0 Å². The van der Waals surface area contributed by atoms with Crippen molar-refractivity contribution >= 4 is 46.4 Å². The molecule has 1 aromatic heterocycles. The van der Waals surface area contributed by atoms with Gasteiger partial charge >= 0.3 is 24.1 Å². The van der Waals surface area contributed by atoms with E-state index in [-0.39, 0.29) is 17.8 Å². The van der Waals surface area contributed by atoms with Gasteiger partial charge in [-0.25, -0.2) is 14.4 Å². The molecule has 0 unspecified atom stereocenters. The molecule has 0 radical (unpaired) electrons. The average molecular weight is 415 g/mol. The maximum absolute atomic E-state index is 13.2. The summed E-state index contributed by atoms with van der Waals surface area (Å²) in [5.41, 5.74) is -3.77. The first kappa shape index (κ1) is 20.1. The monoisotopic (exact) mass is 414 g/mol.